The number of alkyl halides is 3. The molecule has 3 aromatic carbocycles. The Kier molecular flexibility index (Phi) is 5.54. The van der Waals surface area contributed by atoms with Crippen molar-refractivity contribution < 1.29 is 18.0 Å². The first-order chi connectivity index (χ1) is 13.3. The molecule has 0 radical (unpaired) electrons. The van der Waals surface area contributed by atoms with Gasteiger partial charge in [-0.3, -0.25) is 4.79 Å². The molecule has 1 amide bonds. The molecule has 0 spiro atoms. The van der Waals surface area contributed by atoms with Crippen LogP contribution in [0.3, 0.4) is 0 Å². The van der Waals surface area contributed by atoms with Crippen molar-refractivity contribution >= 4 is 5.91 Å². The number of carbonyl (C=O) groups excluding carboxylic acids is 1. The van der Waals surface area contributed by atoms with Crippen LogP contribution in [0.1, 0.15) is 11.1 Å². The second kappa shape index (κ2) is 7.89. The fourth-order valence-electron chi connectivity index (χ4n) is 3.19. The Labute approximate surface area is 162 Å². The summed E-state index contributed by atoms with van der Waals surface area (Å²) in [6.07, 6.45) is -4.63. The van der Waals surface area contributed by atoms with Crippen LogP contribution in [0, 0.1) is 0 Å². The predicted molar refractivity (Wildman–Crippen MR) is 105 cm³/mol. The van der Waals surface area contributed by atoms with Crippen LogP contribution in [0.4, 0.5) is 13.2 Å². The minimum Gasteiger partial charge on any atom is -0.349 e. The van der Waals surface area contributed by atoms with Crippen molar-refractivity contribution in [3.05, 3.63) is 83.9 Å². The van der Waals surface area contributed by atoms with Gasteiger partial charge in [0.2, 0.25) is 5.91 Å². The van der Waals surface area contributed by atoms with Gasteiger partial charge in [-0.25, -0.2) is 0 Å². The van der Waals surface area contributed by atoms with Gasteiger partial charge in [0, 0.05) is 14.1 Å². The van der Waals surface area contributed by atoms with Gasteiger partial charge in [-0.1, -0.05) is 66.7 Å². The average molecular weight is 383 g/mol. The second-order valence-electron chi connectivity index (χ2n) is 6.71. The zero-order chi connectivity index (χ0) is 20.3. The Morgan fingerprint density at radius 3 is 2.04 bits per heavy atom. The van der Waals surface area contributed by atoms with Crippen molar-refractivity contribution in [3.63, 3.8) is 0 Å². The van der Waals surface area contributed by atoms with Gasteiger partial charge in [0.25, 0.3) is 0 Å². The molecule has 0 saturated heterocycles. The molecule has 2 nitrogen and oxygen atoms in total. The molecular formula is C23H20F3NO. The summed E-state index contributed by atoms with van der Waals surface area (Å²) in [6.45, 7) is 0. The first kappa shape index (κ1) is 19.7. The third-order valence-electron chi connectivity index (χ3n) is 4.58. The minimum atomic E-state index is -4.53. The molecule has 3 aromatic rings. The summed E-state index contributed by atoms with van der Waals surface area (Å²) in [7, 11) is 3.18. The van der Waals surface area contributed by atoms with Crippen molar-refractivity contribution in [3.8, 4) is 22.3 Å². The molecule has 3 rings (SSSR count). The number of likely N-dealkylation sites (N-methyl/N-ethyl adjacent to an activating group) is 1. The lowest BCUT2D eigenvalue weighted by atomic mass is 9.87. The SMILES string of the molecule is CN(C)C(=O)Cc1cccc(C(F)(F)F)c1-c1ccccc1-c1ccccc1. The normalized spacial score (nSPS) is 11.3. The largest absolute Gasteiger partial charge is 0.417 e. The number of hydrogen-bond acceptors (Lipinski definition) is 1. The van der Waals surface area contributed by atoms with Crippen LogP contribution >= 0.6 is 0 Å². The lowest BCUT2D eigenvalue weighted by molar-refractivity contribution is -0.137. The van der Waals surface area contributed by atoms with Crippen LogP contribution in [0.15, 0.2) is 72.8 Å². The maximum absolute atomic E-state index is 13.8. The molecule has 0 unspecified atom stereocenters. The van der Waals surface area contributed by atoms with E-state index in [2.05, 4.69) is 0 Å². The highest BCUT2D eigenvalue weighted by Crippen LogP contribution is 2.42. The standard InChI is InChI=1S/C23H20F3NO/c1-27(2)21(28)15-17-11-8-14-20(23(24,25)26)22(17)19-13-7-6-12-18(19)16-9-4-3-5-10-16/h3-14H,15H2,1-2H3. The first-order valence-electron chi connectivity index (χ1n) is 8.83. The lowest BCUT2D eigenvalue weighted by Gasteiger charge is -2.20. The maximum Gasteiger partial charge on any atom is 0.417 e. The van der Waals surface area contributed by atoms with E-state index in [-0.39, 0.29) is 17.9 Å². The quantitative estimate of drug-likeness (QED) is 0.568. The van der Waals surface area contributed by atoms with Gasteiger partial charge in [0.05, 0.1) is 12.0 Å². The number of nitrogens with zero attached hydrogens (tertiary/aromatic N) is 1. The fraction of sp³-hybridized carbons (Fsp3) is 0.174. The summed E-state index contributed by atoms with van der Waals surface area (Å²) in [5, 5.41) is 0. The summed E-state index contributed by atoms with van der Waals surface area (Å²) in [5.41, 5.74) is 1.66. The third kappa shape index (κ3) is 4.09. The predicted octanol–water partition coefficient (Wildman–Crippen LogP) is 5.67. The van der Waals surface area contributed by atoms with Crippen molar-refractivity contribution in [2.75, 3.05) is 14.1 Å². The Balaban J connectivity index is 2.28. The second-order valence-corrected chi connectivity index (χ2v) is 6.71. The summed E-state index contributed by atoms with van der Waals surface area (Å²) in [6, 6.07) is 20.3. The number of rotatable bonds is 4. The number of carbonyl (C=O) groups is 1. The Hall–Kier alpha value is -3.08. The highest BCUT2D eigenvalue weighted by Gasteiger charge is 2.35. The zero-order valence-electron chi connectivity index (χ0n) is 15.6. The van der Waals surface area contributed by atoms with E-state index in [1.165, 1.54) is 11.0 Å². The third-order valence-corrected chi connectivity index (χ3v) is 4.58. The molecule has 0 saturated carbocycles. The van der Waals surface area contributed by atoms with Crippen LogP contribution < -0.4 is 0 Å². The molecule has 0 atom stereocenters. The van der Waals surface area contributed by atoms with Gasteiger partial charge >= 0.3 is 6.18 Å². The molecular weight excluding hydrogens is 363 g/mol. The smallest absolute Gasteiger partial charge is 0.349 e. The van der Waals surface area contributed by atoms with Gasteiger partial charge in [0.15, 0.2) is 0 Å². The minimum absolute atomic E-state index is 0.0599. The topological polar surface area (TPSA) is 20.3 Å². The highest BCUT2D eigenvalue weighted by atomic mass is 19.4. The Bertz CT molecular complexity index is 979. The van der Waals surface area contributed by atoms with Gasteiger partial charge in [0.1, 0.15) is 0 Å². The molecule has 0 fully saturated rings. The van der Waals surface area contributed by atoms with E-state index in [1.807, 2.05) is 30.3 Å². The first-order valence-corrected chi connectivity index (χ1v) is 8.83. The van der Waals surface area contributed by atoms with Gasteiger partial charge in [-0.05, 0) is 33.9 Å². The molecule has 0 bridgehead atoms. The zero-order valence-corrected chi connectivity index (χ0v) is 15.6. The summed E-state index contributed by atoms with van der Waals surface area (Å²) in [4.78, 5) is 13.6. The molecule has 0 aliphatic rings. The average Bonchev–Trinajstić information content (AvgIpc) is 2.68. The van der Waals surface area contributed by atoms with Crippen LogP contribution in [-0.4, -0.2) is 24.9 Å². The van der Waals surface area contributed by atoms with Crippen molar-refractivity contribution in [2.24, 2.45) is 0 Å². The number of amides is 1. The molecule has 0 aromatic heterocycles. The van der Waals surface area contributed by atoms with Crippen molar-refractivity contribution in [1.29, 1.82) is 0 Å². The molecule has 0 aliphatic carbocycles. The van der Waals surface area contributed by atoms with E-state index in [4.69, 9.17) is 0 Å². The monoisotopic (exact) mass is 383 g/mol. The molecule has 144 valence electrons. The molecule has 0 aliphatic heterocycles. The van der Waals surface area contributed by atoms with Crippen LogP contribution in [0.25, 0.3) is 22.3 Å². The summed E-state index contributed by atoms with van der Waals surface area (Å²) >= 11 is 0. The Morgan fingerprint density at radius 2 is 1.43 bits per heavy atom. The maximum atomic E-state index is 13.8. The Morgan fingerprint density at radius 1 is 0.821 bits per heavy atom. The summed E-state index contributed by atoms with van der Waals surface area (Å²) < 4.78 is 41.5. The number of halogens is 3. The van der Waals surface area contributed by atoms with Crippen LogP contribution in [0.5, 0.6) is 0 Å². The number of benzene rings is 3. The van der Waals surface area contributed by atoms with Gasteiger partial charge in [-0.2, -0.15) is 13.2 Å². The molecule has 0 heterocycles. The van der Waals surface area contributed by atoms with E-state index in [1.54, 1.807) is 44.4 Å². The van der Waals surface area contributed by atoms with Crippen molar-refractivity contribution in [1.82, 2.24) is 4.90 Å². The molecule has 0 N–H and O–H groups in total. The lowest BCUT2D eigenvalue weighted by Crippen LogP contribution is -2.24. The number of hydrogen-bond donors (Lipinski definition) is 0. The fourth-order valence-corrected chi connectivity index (χ4v) is 3.19. The molecule has 5 heteroatoms. The van der Waals surface area contributed by atoms with Crippen molar-refractivity contribution in [2.45, 2.75) is 12.6 Å². The summed E-state index contributed by atoms with van der Waals surface area (Å²) in [5.74, 6) is -0.252. The van der Waals surface area contributed by atoms with Crippen LogP contribution in [0.2, 0.25) is 0 Å². The van der Waals surface area contributed by atoms with E-state index in [0.717, 1.165) is 11.6 Å². The molecule has 28 heavy (non-hydrogen) atoms. The van der Waals surface area contributed by atoms with E-state index in [0.29, 0.717) is 16.7 Å². The van der Waals surface area contributed by atoms with E-state index < -0.39 is 11.7 Å². The van der Waals surface area contributed by atoms with Crippen LogP contribution in [-0.2, 0) is 17.4 Å². The van der Waals surface area contributed by atoms with E-state index in [9.17, 15) is 18.0 Å². The highest BCUT2D eigenvalue weighted by molar-refractivity contribution is 5.89. The van der Waals surface area contributed by atoms with Gasteiger partial charge in [-0.15, -0.1) is 0 Å². The van der Waals surface area contributed by atoms with Gasteiger partial charge < -0.3 is 4.90 Å². The van der Waals surface area contributed by atoms with E-state index >= 15 is 0 Å².